The Kier molecular flexibility index (Phi) is 5.17. The summed E-state index contributed by atoms with van der Waals surface area (Å²) in [6.45, 7) is 4.05. The summed E-state index contributed by atoms with van der Waals surface area (Å²) in [5, 5.41) is 11.1. The van der Waals surface area contributed by atoms with Crippen molar-refractivity contribution in [1.29, 1.82) is 5.26 Å². The Morgan fingerprint density at radius 1 is 1.28 bits per heavy atom. The molecule has 5 heteroatoms. The average Bonchev–Trinajstić information content (AvgIpc) is 2.35. The molecule has 0 saturated carbocycles. The number of unbranched alkanes of at least 4 members (excludes halogenated alkanes) is 1. The molecule has 0 aromatic heterocycles. The quantitative estimate of drug-likeness (QED) is 0.803. The van der Waals surface area contributed by atoms with Gasteiger partial charge in [0, 0.05) is 18.7 Å². The highest BCUT2D eigenvalue weighted by Crippen LogP contribution is 2.18. The van der Waals surface area contributed by atoms with Gasteiger partial charge in [0.15, 0.2) is 9.84 Å². The van der Waals surface area contributed by atoms with Crippen LogP contribution in [0.3, 0.4) is 0 Å². The second-order valence-electron chi connectivity index (χ2n) is 4.31. The van der Waals surface area contributed by atoms with Gasteiger partial charge in [0.1, 0.15) is 0 Å². The first-order valence-electron chi connectivity index (χ1n) is 5.93. The lowest BCUT2D eigenvalue weighted by atomic mass is 10.3. The van der Waals surface area contributed by atoms with Crippen LogP contribution in [0.1, 0.15) is 26.7 Å². The molecule has 0 amide bonds. The molecule has 0 spiro atoms. The van der Waals surface area contributed by atoms with Crippen LogP contribution in [0.4, 0.5) is 5.69 Å². The second-order valence-corrected chi connectivity index (χ2v) is 6.81. The molecule has 0 heterocycles. The van der Waals surface area contributed by atoms with E-state index in [-0.39, 0.29) is 0 Å². The highest BCUT2D eigenvalue weighted by Gasteiger charge is 2.18. The third-order valence-electron chi connectivity index (χ3n) is 2.60. The van der Waals surface area contributed by atoms with Crippen molar-refractivity contribution in [3.05, 3.63) is 24.3 Å². The van der Waals surface area contributed by atoms with E-state index in [9.17, 15) is 8.42 Å². The fourth-order valence-electron chi connectivity index (χ4n) is 1.43. The second kappa shape index (κ2) is 6.41. The molecule has 0 fully saturated rings. The van der Waals surface area contributed by atoms with E-state index in [1.54, 1.807) is 38.1 Å². The normalized spacial score (nSPS) is 11.2. The molecule has 1 rings (SSSR count). The monoisotopic (exact) mass is 266 g/mol. The van der Waals surface area contributed by atoms with Crippen molar-refractivity contribution in [3.63, 3.8) is 0 Å². The van der Waals surface area contributed by atoms with E-state index in [1.807, 2.05) is 0 Å². The molecule has 1 aromatic carbocycles. The van der Waals surface area contributed by atoms with Crippen LogP contribution in [0, 0.1) is 11.3 Å². The van der Waals surface area contributed by atoms with E-state index in [1.165, 1.54) is 0 Å². The Balaban J connectivity index is 2.67. The molecule has 98 valence electrons. The predicted octanol–water partition coefficient (Wildman–Crippen LogP) is 2.58. The van der Waals surface area contributed by atoms with E-state index in [0.717, 1.165) is 12.1 Å². The molecular formula is C13H18N2O2S. The zero-order valence-electron chi connectivity index (χ0n) is 10.7. The smallest absolute Gasteiger partial charge is 0.180 e. The number of nitrogens with zero attached hydrogens (tertiary/aromatic N) is 1. The van der Waals surface area contributed by atoms with Crippen LogP contribution in [-0.2, 0) is 9.84 Å². The van der Waals surface area contributed by atoms with E-state index in [0.29, 0.717) is 17.9 Å². The summed E-state index contributed by atoms with van der Waals surface area (Å²) in [4.78, 5) is 0.347. The minimum absolute atomic E-state index is 0.347. The first kappa shape index (κ1) is 14.5. The molecule has 0 aliphatic carbocycles. The predicted molar refractivity (Wildman–Crippen MR) is 72.1 cm³/mol. The molecule has 0 aliphatic heterocycles. The van der Waals surface area contributed by atoms with Gasteiger partial charge in [-0.2, -0.15) is 5.26 Å². The van der Waals surface area contributed by atoms with Crippen molar-refractivity contribution in [2.24, 2.45) is 0 Å². The molecule has 1 N–H and O–H groups in total. The van der Waals surface area contributed by atoms with Crippen LogP contribution in [0.15, 0.2) is 29.2 Å². The summed E-state index contributed by atoms with van der Waals surface area (Å²) in [7, 11) is -3.19. The largest absolute Gasteiger partial charge is 0.385 e. The van der Waals surface area contributed by atoms with Crippen LogP contribution >= 0.6 is 0 Å². The van der Waals surface area contributed by atoms with Crippen LogP contribution in [0.25, 0.3) is 0 Å². The highest BCUT2D eigenvalue weighted by molar-refractivity contribution is 7.92. The lowest BCUT2D eigenvalue weighted by Crippen LogP contribution is -2.13. The van der Waals surface area contributed by atoms with Crippen LogP contribution in [0.2, 0.25) is 0 Å². The first-order valence-corrected chi connectivity index (χ1v) is 7.48. The number of nitrogens with one attached hydrogen (secondary N) is 1. The van der Waals surface area contributed by atoms with Gasteiger partial charge in [-0.25, -0.2) is 8.42 Å². The van der Waals surface area contributed by atoms with Crippen molar-refractivity contribution >= 4 is 15.5 Å². The SMILES string of the molecule is CC(C)S(=O)(=O)c1ccc(NCCCC#N)cc1. The van der Waals surface area contributed by atoms with Gasteiger partial charge in [0.25, 0.3) is 0 Å². The standard InChI is InChI=1S/C13H18N2O2S/c1-11(2)18(16,17)13-7-5-12(6-8-13)15-10-4-3-9-14/h5-8,11,15H,3-4,10H2,1-2H3. The Bertz CT molecular complexity index is 513. The van der Waals surface area contributed by atoms with Gasteiger partial charge in [-0.3, -0.25) is 0 Å². The summed E-state index contributed by atoms with van der Waals surface area (Å²) >= 11 is 0. The maximum atomic E-state index is 11.9. The van der Waals surface area contributed by atoms with Crippen LogP contribution in [-0.4, -0.2) is 20.2 Å². The van der Waals surface area contributed by atoms with Crippen molar-refractivity contribution in [3.8, 4) is 6.07 Å². The molecular weight excluding hydrogens is 248 g/mol. The summed E-state index contributed by atoms with van der Waals surface area (Å²) in [5.74, 6) is 0. The lowest BCUT2D eigenvalue weighted by molar-refractivity contribution is 0.587. The molecule has 18 heavy (non-hydrogen) atoms. The lowest BCUT2D eigenvalue weighted by Gasteiger charge is -2.09. The topological polar surface area (TPSA) is 70.0 Å². The van der Waals surface area contributed by atoms with Gasteiger partial charge in [0.2, 0.25) is 0 Å². The van der Waals surface area contributed by atoms with Gasteiger partial charge in [-0.05, 0) is 44.5 Å². The van der Waals surface area contributed by atoms with Crippen molar-refractivity contribution in [2.45, 2.75) is 36.8 Å². The fraction of sp³-hybridized carbons (Fsp3) is 0.462. The highest BCUT2D eigenvalue weighted by atomic mass is 32.2. The molecule has 0 atom stereocenters. The van der Waals surface area contributed by atoms with E-state index >= 15 is 0 Å². The van der Waals surface area contributed by atoms with Gasteiger partial charge in [0.05, 0.1) is 16.2 Å². The van der Waals surface area contributed by atoms with Crippen molar-refractivity contribution in [1.82, 2.24) is 0 Å². The Hall–Kier alpha value is -1.54. The number of hydrogen-bond acceptors (Lipinski definition) is 4. The average molecular weight is 266 g/mol. The molecule has 0 saturated heterocycles. The first-order chi connectivity index (χ1) is 8.48. The van der Waals surface area contributed by atoms with Crippen molar-refractivity contribution in [2.75, 3.05) is 11.9 Å². The van der Waals surface area contributed by atoms with Gasteiger partial charge in [-0.1, -0.05) is 0 Å². The number of sulfone groups is 1. The number of benzene rings is 1. The van der Waals surface area contributed by atoms with E-state index < -0.39 is 15.1 Å². The Morgan fingerprint density at radius 3 is 2.39 bits per heavy atom. The third kappa shape index (κ3) is 3.74. The fourth-order valence-corrected chi connectivity index (χ4v) is 2.49. The minimum Gasteiger partial charge on any atom is -0.385 e. The molecule has 0 aliphatic rings. The number of nitriles is 1. The molecule has 0 bridgehead atoms. The summed E-state index contributed by atoms with van der Waals surface area (Å²) in [6.07, 6.45) is 1.30. The minimum atomic E-state index is -3.19. The van der Waals surface area contributed by atoms with Crippen molar-refractivity contribution < 1.29 is 8.42 Å². The van der Waals surface area contributed by atoms with E-state index in [2.05, 4.69) is 11.4 Å². The Labute approximate surface area is 109 Å². The van der Waals surface area contributed by atoms with Gasteiger partial charge < -0.3 is 5.32 Å². The summed E-state index contributed by atoms with van der Waals surface area (Å²) in [5.41, 5.74) is 0.871. The number of anilines is 1. The molecule has 0 unspecified atom stereocenters. The summed E-state index contributed by atoms with van der Waals surface area (Å²) in [6, 6.07) is 8.81. The number of rotatable bonds is 6. The number of hydrogen-bond donors (Lipinski definition) is 1. The zero-order valence-corrected chi connectivity index (χ0v) is 11.5. The summed E-state index contributed by atoms with van der Waals surface area (Å²) < 4.78 is 23.8. The zero-order chi connectivity index (χ0) is 13.6. The van der Waals surface area contributed by atoms with E-state index in [4.69, 9.17) is 5.26 Å². The molecule has 0 radical (unpaired) electrons. The molecule has 1 aromatic rings. The molecule has 4 nitrogen and oxygen atoms in total. The van der Waals surface area contributed by atoms with Gasteiger partial charge >= 0.3 is 0 Å². The maximum Gasteiger partial charge on any atom is 0.180 e. The van der Waals surface area contributed by atoms with Crippen LogP contribution in [0.5, 0.6) is 0 Å². The maximum absolute atomic E-state index is 11.9. The Morgan fingerprint density at radius 2 is 1.89 bits per heavy atom. The van der Waals surface area contributed by atoms with Gasteiger partial charge in [-0.15, -0.1) is 0 Å². The third-order valence-corrected chi connectivity index (χ3v) is 4.77. The van der Waals surface area contributed by atoms with Crippen LogP contribution < -0.4 is 5.32 Å².